The van der Waals surface area contributed by atoms with Crippen LogP contribution >= 0.6 is 12.2 Å². The third kappa shape index (κ3) is 1.88. The van der Waals surface area contributed by atoms with Crippen molar-refractivity contribution >= 4 is 12.2 Å². The number of aromatic nitrogens is 1. The van der Waals surface area contributed by atoms with Crippen LogP contribution in [0.3, 0.4) is 0 Å². The van der Waals surface area contributed by atoms with Crippen LogP contribution in [0.1, 0.15) is 24.9 Å². The Labute approximate surface area is 71.4 Å². The molecule has 1 unspecified atom stereocenters. The molecule has 0 radical (unpaired) electrons. The van der Waals surface area contributed by atoms with E-state index < -0.39 is 0 Å². The fraction of sp³-hybridized carbons (Fsp3) is 0.375. The predicted molar refractivity (Wildman–Crippen MR) is 48.8 cm³/mol. The summed E-state index contributed by atoms with van der Waals surface area (Å²) in [6, 6.07) is 3.95. The summed E-state index contributed by atoms with van der Waals surface area (Å²) < 4.78 is 0.752. The minimum absolute atomic E-state index is 0.0694. The normalized spacial score (nSPS) is 12.9. The zero-order chi connectivity index (χ0) is 8.27. The van der Waals surface area contributed by atoms with Gasteiger partial charge >= 0.3 is 0 Å². The molecule has 0 saturated carbocycles. The summed E-state index contributed by atoms with van der Waals surface area (Å²) in [5.41, 5.74) is 6.84. The molecule has 60 valence electrons. The molecular formula is C8H12N2S. The first-order valence-corrected chi connectivity index (χ1v) is 4.09. The van der Waals surface area contributed by atoms with Gasteiger partial charge in [0, 0.05) is 17.8 Å². The van der Waals surface area contributed by atoms with E-state index >= 15 is 0 Å². The lowest BCUT2D eigenvalue weighted by Gasteiger charge is -2.07. The molecule has 11 heavy (non-hydrogen) atoms. The Kier molecular flexibility index (Phi) is 2.79. The number of nitrogens with one attached hydrogen (secondary N) is 1. The molecule has 0 amide bonds. The van der Waals surface area contributed by atoms with Gasteiger partial charge in [-0.05, 0) is 12.5 Å². The monoisotopic (exact) mass is 168 g/mol. The van der Waals surface area contributed by atoms with Gasteiger partial charge in [0.25, 0.3) is 0 Å². The fourth-order valence-electron chi connectivity index (χ4n) is 0.946. The molecule has 1 rings (SSSR count). The molecule has 1 aromatic heterocycles. The summed E-state index contributed by atoms with van der Waals surface area (Å²) in [4.78, 5) is 2.95. The Bertz CT molecular complexity index is 279. The number of rotatable bonds is 2. The van der Waals surface area contributed by atoms with Crippen molar-refractivity contribution in [3.05, 3.63) is 28.5 Å². The van der Waals surface area contributed by atoms with Gasteiger partial charge < -0.3 is 10.7 Å². The van der Waals surface area contributed by atoms with Crippen molar-refractivity contribution in [1.29, 1.82) is 0 Å². The molecule has 3 heteroatoms. The minimum Gasteiger partial charge on any atom is -0.353 e. The second-order valence-corrected chi connectivity index (χ2v) is 2.88. The number of aromatic amines is 1. The van der Waals surface area contributed by atoms with E-state index in [1.807, 2.05) is 25.3 Å². The Morgan fingerprint density at radius 2 is 2.45 bits per heavy atom. The molecule has 0 aromatic carbocycles. The van der Waals surface area contributed by atoms with E-state index in [0.717, 1.165) is 16.6 Å². The maximum atomic E-state index is 5.81. The molecule has 1 atom stereocenters. The van der Waals surface area contributed by atoms with Crippen molar-refractivity contribution in [2.75, 3.05) is 0 Å². The number of pyridine rings is 1. The minimum atomic E-state index is 0.0694. The summed E-state index contributed by atoms with van der Waals surface area (Å²) in [6.07, 6.45) is 2.73. The van der Waals surface area contributed by atoms with Gasteiger partial charge in [-0.2, -0.15) is 0 Å². The SMILES string of the molecule is CCC(N)c1ccc[nH]c1=S. The van der Waals surface area contributed by atoms with Crippen LogP contribution in [0.4, 0.5) is 0 Å². The summed E-state index contributed by atoms with van der Waals surface area (Å²) >= 11 is 5.06. The van der Waals surface area contributed by atoms with Crippen molar-refractivity contribution in [2.24, 2.45) is 5.73 Å². The van der Waals surface area contributed by atoms with Crippen molar-refractivity contribution in [3.63, 3.8) is 0 Å². The van der Waals surface area contributed by atoms with Gasteiger partial charge in [0.15, 0.2) is 0 Å². The highest BCUT2D eigenvalue weighted by molar-refractivity contribution is 7.71. The standard InChI is InChI=1S/C8H12N2S/c1-2-7(9)6-4-3-5-10-8(6)11/h3-5,7H,2,9H2,1H3,(H,10,11). The largest absolute Gasteiger partial charge is 0.353 e. The number of nitrogens with two attached hydrogens (primary N) is 1. The predicted octanol–water partition coefficient (Wildman–Crippen LogP) is 2.15. The molecule has 0 aliphatic rings. The highest BCUT2D eigenvalue weighted by atomic mass is 32.1. The van der Waals surface area contributed by atoms with Crippen LogP contribution < -0.4 is 5.73 Å². The zero-order valence-corrected chi connectivity index (χ0v) is 7.32. The molecule has 2 nitrogen and oxygen atoms in total. The lowest BCUT2D eigenvalue weighted by Crippen LogP contribution is -2.09. The van der Waals surface area contributed by atoms with Gasteiger partial charge in [-0.15, -0.1) is 0 Å². The summed E-state index contributed by atoms with van der Waals surface area (Å²) in [5, 5.41) is 0. The van der Waals surface area contributed by atoms with Crippen LogP contribution in [0.25, 0.3) is 0 Å². The van der Waals surface area contributed by atoms with Crippen LogP contribution in [-0.4, -0.2) is 4.98 Å². The summed E-state index contributed by atoms with van der Waals surface area (Å²) in [7, 11) is 0. The van der Waals surface area contributed by atoms with E-state index in [1.165, 1.54) is 0 Å². The number of H-pyrrole nitrogens is 1. The van der Waals surface area contributed by atoms with Gasteiger partial charge in [-0.3, -0.25) is 0 Å². The van der Waals surface area contributed by atoms with Crippen molar-refractivity contribution in [1.82, 2.24) is 4.98 Å². The third-order valence-corrected chi connectivity index (χ3v) is 2.04. The summed E-state index contributed by atoms with van der Waals surface area (Å²) in [6.45, 7) is 2.05. The average Bonchev–Trinajstić information content (AvgIpc) is 2.04. The van der Waals surface area contributed by atoms with Crippen molar-refractivity contribution in [2.45, 2.75) is 19.4 Å². The lowest BCUT2D eigenvalue weighted by atomic mass is 10.1. The van der Waals surface area contributed by atoms with Gasteiger partial charge in [-0.1, -0.05) is 25.2 Å². The van der Waals surface area contributed by atoms with Gasteiger partial charge in [0.2, 0.25) is 0 Å². The van der Waals surface area contributed by atoms with Gasteiger partial charge in [-0.25, -0.2) is 0 Å². The first-order valence-electron chi connectivity index (χ1n) is 3.69. The molecule has 0 spiro atoms. The van der Waals surface area contributed by atoms with Crippen molar-refractivity contribution < 1.29 is 0 Å². The maximum Gasteiger partial charge on any atom is 0.108 e. The van der Waals surface area contributed by atoms with E-state index in [0.29, 0.717) is 0 Å². The Morgan fingerprint density at radius 1 is 1.73 bits per heavy atom. The second kappa shape index (κ2) is 3.64. The topological polar surface area (TPSA) is 41.8 Å². The average molecular weight is 168 g/mol. The Balaban J connectivity index is 3.03. The van der Waals surface area contributed by atoms with E-state index in [1.54, 1.807) is 0 Å². The molecule has 1 aromatic rings. The van der Waals surface area contributed by atoms with E-state index in [-0.39, 0.29) is 6.04 Å². The zero-order valence-electron chi connectivity index (χ0n) is 6.50. The molecule has 0 saturated heterocycles. The van der Waals surface area contributed by atoms with Crippen LogP contribution in [0.15, 0.2) is 18.3 Å². The molecule has 0 fully saturated rings. The number of hydrogen-bond acceptors (Lipinski definition) is 2. The van der Waals surface area contributed by atoms with E-state index in [4.69, 9.17) is 18.0 Å². The fourth-order valence-corrected chi connectivity index (χ4v) is 1.23. The van der Waals surface area contributed by atoms with Crippen LogP contribution in [0.2, 0.25) is 0 Å². The molecule has 0 bridgehead atoms. The quantitative estimate of drug-likeness (QED) is 0.664. The maximum absolute atomic E-state index is 5.81. The summed E-state index contributed by atoms with van der Waals surface area (Å²) in [5.74, 6) is 0. The third-order valence-electron chi connectivity index (χ3n) is 1.69. The molecule has 0 aliphatic heterocycles. The highest BCUT2D eigenvalue weighted by Gasteiger charge is 2.03. The molecule has 0 aliphatic carbocycles. The molecular weight excluding hydrogens is 156 g/mol. The Hall–Kier alpha value is -0.670. The Morgan fingerprint density at radius 3 is 3.00 bits per heavy atom. The van der Waals surface area contributed by atoms with E-state index in [2.05, 4.69) is 4.98 Å². The van der Waals surface area contributed by atoms with Crippen LogP contribution in [-0.2, 0) is 0 Å². The van der Waals surface area contributed by atoms with Crippen LogP contribution in [0.5, 0.6) is 0 Å². The smallest absolute Gasteiger partial charge is 0.108 e. The molecule has 3 N–H and O–H groups in total. The van der Waals surface area contributed by atoms with Crippen LogP contribution in [0, 0.1) is 4.64 Å². The van der Waals surface area contributed by atoms with Crippen molar-refractivity contribution in [3.8, 4) is 0 Å². The van der Waals surface area contributed by atoms with Gasteiger partial charge in [0.05, 0.1) is 0 Å². The second-order valence-electron chi connectivity index (χ2n) is 2.47. The van der Waals surface area contributed by atoms with Gasteiger partial charge in [0.1, 0.15) is 4.64 Å². The van der Waals surface area contributed by atoms with E-state index in [9.17, 15) is 0 Å². The number of hydrogen-bond donors (Lipinski definition) is 2. The highest BCUT2D eigenvalue weighted by Crippen LogP contribution is 2.12. The molecule has 1 heterocycles. The first kappa shape index (κ1) is 8.43. The lowest BCUT2D eigenvalue weighted by molar-refractivity contribution is 0.693. The first-order chi connectivity index (χ1) is 5.25.